The molecule has 300 valence electrons. The second kappa shape index (κ2) is 13.2. The third-order valence-electron chi connectivity index (χ3n) is 14.1. The molecule has 65 heavy (non-hydrogen) atoms. The molecule has 0 bridgehead atoms. The summed E-state index contributed by atoms with van der Waals surface area (Å²) in [6, 6.07) is 76.0. The quantitative estimate of drug-likeness (QED) is 0.166. The summed E-state index contributed by atoms with van der Waals surface area (Å²) in [5, 5.41) is 7.18. The van der Waals surface area contributed by atoms with Crippen LogP contribution in [0, 0.1) is 0 Å². The van der Waals surface area contributed by atoms with E-state index in [1.54, 1.807) is 0 Å². The summed E-state index contributed by atoms with van der Waals surface area (Å²) in [7, 11) is 0. The van der Waals surface area contributed by atoms with E-state index in [1.807, 2.05) is 29.5 Å². The molecular formula is C60H34BNO2S. The van der Waals surface area contributed by atoms with Gasteiger partial charge in [-0.1, -0.05) is 121 Å². The number of para-hydroxylation sites is 3. The fraction of sp³-hybridized carbons (Fsp3) is 0. The number of benzene rings is 10. The number of rotatable bonds is 3. The Bertz CT molecular complexity index is 4170. The highest BCUT2D eigenvalue weighted by Gasteiger charge is 2.42. The van der Waals surface area contributed by atoms with Crippen LogP contribution in [0.5, 0.6) is 0 Å². The van der Waals surface area contributed by atoms with Gasteiger partial charge in [-0.3, -0.25) is 0 Å². The van der Waals surface area contributed by atoms with Gasteiger partial charge in [-0.25, -0.2) is 0 Å². The lowest BCUT2D eigenvalue weighted by molar-refractivity contribution is 0.668. The van der Waals surface area contributed by atoms with Crippen molar-refractivity contribution in [2.24, 2.45) is 0 Å². The highest BCUT2D eigenvalue weighted by molar-refractivity contribution is 7.25. The molecule has 13 aromatic rings. The number of thiophene rings is 1. The molecular weight excluding hydrogens is 810 g/mol. The Hall–Kier alpha value is -8.12. The molecule has 0 amide bonds. The first-order chi connectivity index (χ1) is 32.2. The number of nitrogens with zero attached hydrogens (tertiary/aromatic N) is 1. The van der Waals surface area contributed by atoms with Crippen molar-refractivity contribution in [2.75, 3.05) is 4.81 Å². The number of hydrogen-bond acceptors (Lipinski definition) is 4. The van der Waals surface area contributed by atoms with Crippen LogP contribution in [0.1, 0.15) is 0 Å². The van der Waals surface area contributed by atoms with Crippen molar-refractivity contribution in [1.29, 1.82) is 0 Å². The molecule has 0 radical (unpaired) electrons. The zero-order chi connectivity index (χ0) is 42.3. The van der Waals surface area contributed by atoms with Gasteiger partial charge in [0.15, 0.2) is 0 Å². The fourth-order valence-corrected chi connectivity index (χ4v) is 12.1. The molecule has 5 heterocycles. The third-order valence-corrected chi connectivity index (χ3v) is 15.2. The number of furan rings is 2. The minimum absolute atomic E-state index is 0.0337. The van der Waals surface area contributed by atoms with Gasteiger partial charge < -0.3 is 13.6 Å². The van der Waals surface area contributed by atoms with E-state index in [2.05, 4.69) is 193 Å². The van der Waals surface area contributed by atoms with Gasteiger partial charge in [0.1, 0.15) is 22.3 Å². The minimum Gasteiger partial charge on any atom is -0.456 e. The molecule has 10 aromatic carbocycles. The predicted octanol–water partition coefficient (Wildman–Crippen LogP) is 15.8. The monoisotopic (exact) mass is 843 g/mol. The molecule has 3 nitrogen and oxygen atoms in total. The lowest BCUT2D eigenvalue weighted by Gasteiger charge is -2.43. The van der Waals surface area contributed by atoms with Crippen LogP contribution in [-0.2, 0) is 0 Å². The van der Waals surface area contributed by atoms with E-state index in [0.717, 1.165) is 43.9 Å². The van der Waals surface area contributed by atoms with Crippen LogP contribution in [0.4, 0.5) is 11.4 Å². The highest BCUT2D eigenvalue weighted by atomic mass is 32.1. The summed E-state index contributed by atoms with van der Waals surface area (Å²) < 4.78 is 15.1. The molecule has 5 heteroatoms. The maximum absolute atomic E-state index is 6.25. The maximum Gasteiger partial charge on any atom is 0.329 e. The zero-order valence-electron chi connectivity index (χ0n) is 34.9. The first-order valence-corrected chi connectivity index (χ1v) is 23.1. The highest BCUT2D eigenvalue weighted by Crippen LogP contribution is 2.49. The van der Waals surface area contributed by atoms with Gasteiger partial charge in [-0.05, 0) is 140 Å². The Morgan fingerprint density at radius 2 is 0.754 bits per heavy atom. The summed E-state index contributed by atoms with van der Waals surface area (Å²) in [4.78, 5) is 2.60. The predicted molar refractivity (Wildman–Crippen MR) is 275 cm³/mol. The summed E-state index contributed by atoms with van der Waals surface area (Å²) >= 11 is 1.87. The Kier molecular flexibility index (Phi) is 7.19. The van der Waals surface area contributed by atoms with E-state index in [1.165, 1.54) is 98.1 Å². The van der Waals surface area contributed by atoms with Crippen LogP contribution in [-0.4, -0.2) is 6.85 Å². The second-order valence-electron chi connectivity index (χ2n) is 17.6. The maximum atomic E-state index is 6.25. The lowest BCUT2D eigenvalue weighted by atomic mass is 9.43. The van der Waals surface area contributed by atoms with E-state index in [0.29, 0.717) is 0 Å². The summed E-state index contributed by atoms with van der Waals surface area (Å²) in [5.74, 6) is 0. The standard InChI is InChI=1S/C60H34BNO2S/c1-5-13-53-41(9-1)45-29-35(38-20-26-57-48(32-38)42-10-2-6-14-55(42)63-57)17-23-51(45)61-52-24-18-36(40-22-28-60-50(34-40)44-12-4-8-16-59(44)65-60)30-46(52)47-31-37(19-25-54(47)62(53)61)39-21-27-58-49(33-39)43-11-3-7-15-56(43)64-58/h1-34H. The minimum atomic E-state index is -0.0337. The van der Waals surface area contributed by atoms with Crippen LogP contribution < -0.4 is 15.7 Å². The van der Waals surface area contributed by atoms with E-state index in [4.69, 9.17) is 8.83 Å². The number of fused-ring (bicyclic) bond motifs is 20. The summed E-state index contributed by atoms with van der Waals surface area (Å²) in [6.45, 7) is -0.0337. The molecule has 0 aliphatic carbocycles. The van der Waals surface area contributed by atoms with E-state index in [-0.39, 0.29) is 6.85 Å². The van der Waals surface area contributed by atoms with Crippen LogP contribution in [0.3, 0.4) is 0 Å². The molecule has 0 atom stereocenters. The van der Waals surface area contributed by atoms with Gasteiger partial charge in [-0.2, -0.15) is 0 Å². The molecule has 0 saturated heterocycles. The molecule has 0 saturated carbocycles. The summed E-state index contributed by atoms with van der Waals surface area (Å²) in [6.07, 6.45) is 0. The summed E-state index contributed by atoms with van der Waals surface area (Å²) in [5.41, 5.74) is 20.8. The number of hydrogen-bond donors (Lipinski definition) is 0. The van der Waals surface area contributed by atoms with Crippen molar-refractivity contribution >= 4 is 105 Å². The van der Waals surface area contributed by atoms with E-state index >= 15 is 0 Å². The fourth-order valence-electron chi connectivity index (χ4n) is 11.0. The van der Waals surface area contributed by atoms with Crippen molar-refractivity contribution < 1.29 is 8.83 Å². The van der Waals surface area contributed by atoms with Gasteiger partial charge >= 0.3 is 6.85 Å². The third kappa shape index (κ3) is 5.13. The average Bonchev–Trinajstić information content (AvgIpc) is 4.06. The van der Waals surface area contributed by atoms with Crippen LogP contribution in [0.25, 0.3) is 120 Å². The van der Waals surface area contributed by atoms with Crippen molar-refractivity contribution in [3.05, 3.63) is 206 Å². The normalized spacial score (nSPS) is 12.9. The van der Waals surface area contributed by atoms with E-state index < -0.39 is 0 Å². The Morgan fingerprint density at radius 3 is 1.43 bits per heavy atom. The van der Waals surface area contributed by atoms with Gasteiger partial charge in [0.25, 0.3) is 0 Å². The van der Waals surface area contributed by atoms with Crippen molar-refractivity contribution in [2.45, 2.75) is 0 Å². The first-order valence-electron chi connectivity index (χ1n) is 22.2. The molecule has 2 aliphatic heterocycles. The number of anilines is 2. The molecule has 0 fully saturated rings. The van der Waals surface area contributed by atoms with Crippen molar-refractivity contribution in [1.82, 2.24) is 0 Å². The van der Waals surface area contributed by atoms with Gasteiger partial charge in [-0.15, -0.1) is 11.3 Å². The van der Waals surface area contributed by atoms with Crippen molar-refractivity contribution in [3.8, 4) is 55.6 Å². The average molecular weight is 844 g/mol. The smallest absolute Gasteiger partial charge is 0.329 e. The first kappa shape index (κ1) is 35.4. The Morgan fingerprint density at radius 1 is 0.308 bits per heavy atom. The lowest BCUT2D eigenvalue weighted by Crippen LogP contribution is -2.59. The zero-order valence-corrected chi connectivity index (χ0v) is 35.7. The van der Waals surface area contributed by atoms with Gasteiger partial charge in [0.05, 0.1) is 0 Å². The largest absolute Gasteiger partial charge is 0.456 e. The molecule has 3 aromatic heterocycles. The molecule has 15 rings (SSSR count). The second-order valence-corrected chi connectivity index (χ2v) is 18.6. The molecule has 2 aliphatic rings. The Labute approximate surface area is 378 Å². The van der Waals surface area contributed by atoms with Crippen LogP contribution >= 0.6 is 11.3 Å². The SMILES string of the molecule is c1ccc2c(c1)-c1cc(-c3ccc4oc5ccccc5c4c3)ccc1B1c3ccc(-c4ccc5sc6ccccc6c5c4)cc3-c3cc(-c4ccc5oc6ccccc6c5c4)ccc3N12. The van der Waals surface area contributed by atoms with Crippen LogP contribution in [0.15, 0.2) is 215 Å². The van der Waals surface area contributed by atoms with Crippen molar-refractivity contribution in [3.63, 3.8) is 0 Å². The van der Waals surface area contributed by atoms with E-state index in [9.17, 15) is 0 Å². The van der Waals surface area contributed by atoms with Gasteiger partial charge in [0, 0.05) is 64.2 Å². The molecule has 0 unspecified atom stereocenters. The Balaban J connectivity index is 0.934. The molecule has 0 spiro atoms. The van der Waals surface area contributed by atoms with Crippen LogP contribution in [0.2, 0.25) is 0 Å². The van der Waals surface area contributed by atoms with Gasteiger partial charge in [0.2, 0.25) is 0 Å². The topological polar surface area (TPSA) is 29.5 Å². The molecule has 0 N–H and O–H groups in total.